The van der Waals surface area contributed by atoms with Crippen molar-refractivity contribution in [2.45, 2.75) is 43.4 Å². The lowest BCUT2D eigenvalue weighted by molar-refractivity contribution is -0.0277. The van der Waals surface area contributed by atoms with Gasteiger partial charge in [-0.2, -0.15) is 0 Å². The van der Waals surface area contributed by atoms with E-state index in [0.29, 0.717) is 0 Å². The summed E-state index contributed by atoms with van der Waals surface area (Å²) >= 11 is 0. The molecule has 1 aromatic rings. The second kappa shape index (κ2) is 6.59. The molecule has 1 saturated carbocycles. The van der Waals surface area contributed by atoms with Gasteiger partial charge in [-0.15, -0.1) is 0 Å². The summed E-state index contributed by atoms with van der Waals surface area (Å²) in [7, 11) is -3.45. The van der Waals surface area contributed by atoms with Crippen LogP contribution >= 0.6 is 0 Å². The molecule has 2 rings (SSSR count). The molecule has 112 valence electrons. The molecule has 3 heteroatoms. The number of rotatable bonds is 5. The Labute approximate surface area is 157 Å². The van der Waals surface area contributed by atoms with Crippen molar-refractivity contribution >= 4 is 0 Å². The van der Waals surface area contributed by atoms with Gasteiger partial charge in [0.25, 0.3) is 0 Å². The van der Waals surface area contributed by atoms with Crippen LogP contribution in [0, 0.1) is 0 Å². The Morgan fingerprint density at radius 2 is 2.10 bits per heavy atom. The van der Waals surface area contributed by atoms with E-state index in [-0.39, 0.29) is 0 Å². The molecule has 0 unspecified atom stereocenters. The van der Waals surface area contributed by atoms with Gasteiger partial charge in [0.05, 0.1) is 22.2 Å². The summed E-state index contributed by atoms with van der Waals surface area (Å²) in [6, 6.07) is -6.43. The van der Waals surface area contributed by atoms with Crippen molar-refractivity contribution in [3.8, 4) is 5.75 Å². The van der Waals surface area contributed by atoms with E-state index in [0.717, 1.165) is 0 Å². The molecule has 20 heavy (non-hydrogen) atoms. The molecular formula is C17H27NO2. The highest BCUT2D eigenvalue weighted by atomic mass is 16.5. The number of methoxy groups -OCH3 is 1. The fourth-order valence-corrected chi connectivity index (χ4v) is 1.46. The Morgan fingerprint density at radius 3 is 2.70 bits per heavy atom. The van der Waals surface area contributed by atoms with Crippen molar-refractivity contribution in [1.82, 2.24) is 4.90 Å². The minimum atomic E-state index is -4.84. The number of nitrogens with zero attached hydrogens (tertiary/aromatic N) is 1. The second-order valence-electron chi connectivity index (χ2n) is 3.63. The quantitative estimate of drug-likeness (QED) is 0.907. The fourth-order valence-electron chi connectivity index (χ4n) is 1.46. The molecule has 1 fully saturated rings. The van der Waals surface area contributed by atoms with Crippen LogP contribution in [0.25, 0.3) is 0 Å². The molecule has 1 atom stereocenters. The van der Waals surface area contributed by atoms with E-state index in [1.807, 2.05) is 0 Å². The molecule has 3 nitrogen and oxygen atoms in total. The van der Waals surface area contributed by atoms with Gasteiger partial charge in [0.15, 0.2) is 0 Å². The SMILES string of the molecule is [2H]c1c([2H])c([C@@H](C([2H])([2H])N(C([2H])([2H])[2H])C([2H])([2H])[2H])C2(O)C([2H])([2H])C([2H])([2H])C([2H])([2H])C([2H])([2H])C2([2H])[2H])c([2H])c([2H])c1OC([2H])([2H])[2H]. The lowest BCUT2D eigenvalue weighted by Crippen LogP contribution is -2.42. The van der Waals surface area contributed by atoms with Gasteiger partial charge in [0, 0.05) is 37.1 Å². The average molecular weight is 303 g/mol. The lowest BCUT2D eigenvalue weighted by atomic mass is 9.72. The highest BCUT2D eigenvalue weighted by Crippen LogP contribution is 2.40. The zero-order valence-corrected chi connectivity index (χ0v) is 9.88. The zero-order chi connectivity index (χ0) is 36.3. The molecule has 0 saturated heterocycles. The molecule has 1 aromatic carbocycles. The van der Waals surface area contributed by atoms with E-state index in [9.17, 15) is 5.11 Å². The molecule has 0 spiro atoms. The molecule has 1 aliphatic rings. The van der Waals surface area contributed by atoms with E-state index in [1.54, 1.807) is 0 Å². The van der Waals surface area contributed by atoms with E-state index in [2.05, 4.69) is 4.74 Å². The minimum absolute atomic E-state index is 1.02. The van der Waals surface area contributed by atoms with Gasteiger partial charge in [0.1, 0.15) is 5.75 Å². The van der Waals surface area contributed by atoms with E-state index >= 15 is 0 Å². The molecule has 1 aliphatic carbocycles. The molecule has 0 radical (unpaired) electrons. The topological polar surface area (TPSA) is 32.7 Å². The summed E-state index contributed by atoms with van der Waals surface area (Å²) in [5.41, 5.74) is -6.59. The van der Waals surface area contributed by atoms with Crippen LogP contribution < -0.4 is 4.74 Å². The Hall–Kier alpha value is -1.06. The summed E-state index contributed by atoms with van der Waals surface area (Å²) in [5.74, 6) is -5.13. The summed E-state index contributed by atoms with van der Waals surface area (Å²) in [6.45, 7) is -12.8. The Balaban J connectivity index is 3.43. The summed E-state index contributed by atoms with van der Waals surface area (Å²) < 4.78 is 206. The zero-order valence-electron chi connectivity index (χ0n) is 34.9. The second-order valence-corrected chi connectivity index (χ2v) is 3.63. The normalized spacial score (nSPS) is 53.4. The van der Waals surface area contributed by atoms with Gasteiger partial charge in [-0.1, -0.05) is 31.2 Å². The van der Waals surface area contributed by atoms with Crippen LogP contribution in [-0.4, -0.2) is 43.1 Å². The van der Waals surface area contributed by atoms with Crippen molar-refractivity contribution in [3.05, 3.63) is 29.7 Å². The van der Waals surface area contributed by atoms with Crippen LogP contribution in [0.1, 0.15) is 77.6 Å². The maximum absolute atomic E-state index is 12.1. The summed E-state index contributed by atoms with van der Waals surface area (Å²) in [5, 5.41) is 12.1. The first-order valence-corrected chi connectivity index (χ1v) is 5.17. The summed E-state index contributed by atoms with van der Waals surface area (Å²) in [6.07, 6.45) is -22.3. The Kier molecular flexibility index (Phi) is 0.995. The number of hydrogen-bond donors (Lipinski definition) is 1. The van der Waals surface area contributed by atoms with Crippen molar-refractivity contribution in [2.24, 2.45) is 0 Å². The minimum Gasteiger partial charge on any atom is -0.497 e. The van der Waals surface area contributed by atoms with Crippen LogP contribution in [0.2, 0.25) is 0 Å². The largest absolute Gasteiger partial charge is 0.497 e. The van der Waals surface area contributed by atoms with Crippen molar-refractivity contribution in [2.75, 3.05) is 27.5 Å². The number of likely N-dealkylation sites (N-methyl/N-ethyl adjacent to an activating group) is 1. The van der Waals surface area contributed by atoms with Gasteiger partial charge in [-0.05, 0) is 44.3 Å². The highest BCUT2D eigenvalue weighted by Gasteiger charge is 2.38. The fraction of sp³-hybridized carbons (Fsp3) is 0.647. The first kappa shape index (κ1) is 3.02. The molecule has 0 heterocycles. The Morgan fingerprint density at radius 1 is 1.40 bits per heavy atom. The van der Waals surface area contributed by atoms with Crippen molar-refractivity contribution in [1.29, 1.82) is 0 Å². The number of hydrogen-bond acceptors (Lipinski definition) is 3. The highest BCUT2D eigenvalue weighted by molar-refractivity contribution is 5.31. The van der Waals surface area contributed by atoms with Crippen LogP contribution in [0.15, 0.2) is 24.2 Å². The van der Waals surface area contributed by atoms with Gasteiger partial charge in [-0.3, -0.25) is 0 Å². The van der Waals surface area contributed by atoms with Gasteiger partial charge < -0.3 is 14.7 Å². The van der Waals surface area contributed by atoms with E-state index in [1.165, 1.54) is 0 Å². The molecule has 0 aliphatic heterocycles. The maximum atomic E-state index is 12.1. The van der Waals surface area contributed by atoms with Crippen LogP contribution in [0.4, 0.5) is 0 Å². The number of benzene rings is 1. The third-order valence-electron chi connectivity index (χ3n) is 2.32. The Bertz CT molecular complexity index is 1250. The van der Waals surface area contributed by atoms with E-state index in [4.69, 9.17) is 34.3 Å². The van der Waals surface area contributed by atoms with Crippen LogP contribution in [0.3, 0.4) is 0 Å². The third-order valence-corrected chi connectivity index (χ3v) is 2.32. The standard InChI is InChI=1S/C17H27NO2/c1-18(2)13-16(17(19)11-5-4-6-12-17)14-7-9-15(20-3)10-8-14/h7-10,16,19H,4-6,11-13H2,1-3H3/t16-/m1/s1/i1D3,2D3,3D3,4D2,5D2,6D2,7D,8D,9D,10D,11D2,12D2,13D2. The van der Waals surface area contributed by atoms with Crippen molar-refractivity contribution < 1.29 is 44.1 Å². The molecule has 0 amide bonds. The molecular weight excluding hydrogens is 250 g/mol. The van der Waals surface area contributed by atoms with E-state index < -0.39 is 111 Å². The van der Waals surface area contributed by atoms with Crippen LogP contribution in [0.5, 0.6) is 5.75 Å². The third kappa shape index (κ3) is 3.53. The lowest BCUT2D eigenvalue weighted by Gasteiger charge is -2.40. The monoisotopic (exact) mass is 302 g/mol. The molecule has 1 N–H and O–H groups in total. The average Bonchev–Trinajstić information content (AvgIpc) is 2.78. The first-order valence-electron chi connectivity index (χ1n) is 17.7. The maximum Gasteiger partial charge on any atom is 0.118 e. The van der Waals surface area contributed by atoms with Crippen LogP contribution in [-0.2, 0) is 0 Å². The number of ether oxygens (including phenoxy) is 1. The molecule has 0 bridgehead atoms. The van der Waals surface area contributed by atoms with Crippen molar-refractivity contribution in [3.63, 3.8) is 0 Å². The van der Waals surface area contributed by atoms with Gasteiger partial charge >= 0.3 is 0 Å². The summed E-state index contributed by atoms with van der Waals surface area (Å²) in [4.78, 5) is -1.02. The predicted octanol–water partition coefficient (Wildman–Crippen LogP) is 3.04. The first-order chi connectivity index (χ1) is 19.3. The number of aliphatic hydroxyl groups is 1. The predicted molar refractivity (Wildman–Crippen MR) is 82.3 cm³/mol. The van der Waals surface area contributed by atoms with Gasteiger partial charge in [0.2, 0.25) is 0 Å². The molecule has 0 aromatic heterocycles. The van der Waals surface area contributed by atoms with Gasteiger partial charge in [-0.25, -0.2) is 0 Å². The smallest absolute Gasteiger partial charge is 0.118 e.